The maximum atomic E-state index is 12.7. The fourth-order valence-electron chi connectivity index (χ4n) is 1.65. The average molecular weight is 323 g/mol. The Morgan fingerprint density at radius 2 is 1.91 bits per heavy atom. The van der Waals surface area contributed by atoms with E-state index in [0.717, 1.165) is 0 Å². The predicted octanol–water partition coefficient (Wildman–Crippen LogP) is 1.53. The van der Waals surface area contributed by atoms with Gasteiger partial charge in [0.1, 0.15) is 10.7 Å². The van der Waals surface area contributed by atoms with Crippen molar-refractivity contribution >= 4 is 21.6 Å². The highest BCUT2D eigenvalue weighted by molar-refractivity contribution is 7.89. The van der Waals surface area contributed by atoms with E-state index in [0.29, 0.717) is 5.69 Å². The third-order valence-electron chi connectivity index (χ3n) is 2.72. The number of carbonyl (C=O) groups is 1. The minimum absolute atomic E-state index is 0.0361. The van der Waals surface area contributed by atoms with Crippen LogP contribution in [0.5, 0.6) is 0 Å². The average Bonchev–Trinajstić information content (AvgIpc) is 2.50. The Kier molecular flexibility index (Phi) is 5.18. The van der Waals surface area contributed by atoms with Gasteiger partial charge in [0.25, 0.3) is 0 Å². The first-order valence-electron chi connectivity index (χ1n) is 6.42. The smallest absolute Gasteiger partial charge is 0.242 e. The zero-order chi connectivity index (χ0) is 16.0. The molecule has 1 heterocycles. The van der Waals surface area contributed by atoms with E-state index < -0.39 is 15.8 Å². The minimum atomic E-state index is -3.68. The molecule has 0 aliphatic rings. The van der Waals surface area contributed by atoms with Crippen molar-refractivity contribution in [3.63, 3.8) is 0 Å². The van der Waals surface area contributed by atoms with Crippen LogP contribution in [0, 0.1) is 5.82 Å². The first-order valence-corrected chi connectivity index (χ1v) is 7.91. The third-order valence-corrected chi connectivity index (χ3v) is 4.16. The van der Waals surface area contributed by atoms with Crippen LogP contribution in [0.3, 0.4) is 0 Å². The number of nitrogens with one attached hydrogen (secondary N) is 2. The van der Waals surface area contributed by atoms with Crippen molar-refractivity contribution in [2.75, 3.05) is 11.9 Å². The van der Waals surface area contributed by atoms with Crippen LogP contribution in [-0.4, -0.2) is 25.9 Å². The summed E-state index contributed by atoms with van der Waals surface area (Å²) in [5.74, 6) is -0.775. The van der Waals surface area contributed by atoms with Gasteiger partial charge in [0.05, 0.1) is 0 Å². The molecule has 0 fully saturated rings. The fraction of sp³-hybridized carbons (Fsp3) is 0.143. The second-order valence-corrected chi connectivity index (χ2v) is 6.16. The molecule has 6 nitrogen and oxygen atoms in total. The first kappa shape index (κ1) is 16.1. The van der Waals surface area contributed by atoms with Crippen LogP contribution in [0.2, 0.25) is 0 Å². The standard InChI is InChI=1S/C14H14FN3O3S/c15-11-3-5-12(6-4-11)18-14(19)7-9-17-22(20,21)13-2-1-8-16-10-13/h1-6,8,10,17H,7,9H2,(H,18,19). The lowest BCUT2D eigenvalue weighted by atomic mass is 10.3. The maximum absolute atomic E-state index is 12.7. The SMILES string of the molecule is O=C(CCNS(=O)(=O)c1cccnc1)Nc1ccc(F)cc1. The largest absolute Gasteiger partial charge is 0.326 e. The monoisotopic (exact) mass is 323 g/mol. The summed E-state index contributed by atoms with van der Waals surface area (Å²) in [6, 6.07) is 8.21. The predicted molar refractivity (Wildman–Crippen MR) is 79.1 cm³/mol. The van der Waals surface area contributed by atoms with Gasteiger partial charge in [-0.2, -0.15) is 0 Å². The molecule has 2 aromatic rings. The number of rotatable bonds is 6. The van der Waals surface area contributed by atoms with Gasteiger partial charge in [-0.15, -0.1) is 0 Å². The van der Waals surface area contributed by atoms with Crippen LogP contribution in [0.15, 0.2) is 53.7 Å². The Balaban J connectivity index is 1.83. The molecule has 2 rings (SSSR count). The number of amides is 1. The maximum Gasteiger partial charge on any atom is 0.242 e. The molecule has 0 saturated carbocycles. The van der Waals surface area contributed by atoms with E-state index >= 15 is 0 Å². The highest BCUT2D eigenvalue weighted by atomic mass is 32.2. The van der Waals surface area contributed by atoms with Gasteiger partial charge >= 0.3 is 0 Å². The molecule has 0 aliphatic carbocycles. The summed E-state index contributed by atoms with van der Waals surface area (Å²) in [6.07, 6.45) is 2.65. The lowest BCUT2D eigenvalue weighted by molar-refractivity contribution is -0.116. The second-order valence-electron chi connectivity index (χ2n) is 4.39. The Morgan fingerprint density at radius 3 is 2.55 bits per heavy atom. The van der Waals surface area contributed by atoms with Crippen LogP contribution >= 0.6 is 0 Å². The number of halogens is 1. The molecule has 0 spiro atoms. The van der Waals surface area contributed by atoms with Crippen LogP contribution in [0.25, 0.3) is 0 Å². The lowest BCUT2D eigenvalue weighted by Crippen LogP contribution is -2.27. The van der Waals surface area contributed by atoms with Gasteiger partial charge in [-0.3, -0.25) is 9.78 Å². The van der Waals surface area contributed by atoms with E-state index in [1.54, 1.807) is 0 Å². The minimum Gasteiger partial charge on any atom is -0.326 e. The molecule has 22 heavy (non-hydrogen) atoms. The third kappa shape index (κ3) is 4.61. The Hall–Kier alpha value is -2.32. The number of anilines is 1. The summed E-state index contributed by atoms with van der Waals surface area (Å²) in [6.45, 7) is -0.0513. The van der Waals surface area contributed by atoms with E-state index in [2.05, 4.69) is 15.0 Å². The van der Waals surface area contributed by atoms with Crippen LogP contribution in [-0.2, 0) is 14.8 Å². The van der Waals surface area contributed by atoms with Crippen LogP contribution in [0.4, 0.5) is 10.1 Å². The summed E-state index contributed by atoms with van der Waals surface area (Å²) in [7, 11) is -3.68. The van der Waals surface area contributed by atoms with E-state index in [4.69, 9.17) is 0 Å². The number of sulfonamides is 1. The lowest BCUT2D eigenvalue weighted by Gasteiger charge is -2.07. The molecule has 1 amide bonds. The molecule has 0 aliphatic heterocycles. The number of hydrogen-bond donors (Lipinski definition) is 2. The van der Waals surface area contributed by atoms with Gasteiger partial charge in [0.2, 0.25) is 15.9 Å². The van der Waals surface area contributed by atoms with E-state index in [9.17, 15) is 17.6 Å². The molecule has 1 aromatic heterocycles. The molecular weight excluding hydrogens is 309 g/mol. The number of hydrogen-bond acceptors (Lipinski definition) is 4. The Labute approximate surface area is 127 Å². The number of carbonyl (C=O) groups excluding carboxylic acids is 1. The summed E-state index contributed by atoms with van der Waals surface area (Å²) >= 11 is 0. The normalized spacial score (nSPS) is 11.1. The molecular formula is C14H14FN3O3S. The van der Waals surface area contributed by atoms with Crippen molar-refractivity contribution in [1.82, 2.24) is 9.71 Å². The zero-order valence-corrected chi connectivity index (χ0v) is 12.3. The van der Waals surface area contributed by atoms with E-state index in [1.165, 1.54) is 48.8 Å². The summed E-state index contributed by atoms with van der Waals surface area (Å²) in [5.41, 5.74) is 0.446. The molecule has 0 saturated heterocycles. The molecule has 8 heteroatoms. The summed E-state index contributed by atoms with van der Waals surface area (Å²) < 4.78 is 38.8. The van der Waals surface area contributed by atoms with Crippen molar-refractivity contribution in [2.45, 2.75) is 11.3 Å². The Bertz CT molecular complexity index is 734. The highest BCUT2D eigenvalue weighted by Gasteiger charge is 2.13. The van der Waals surface area contributed by atoms with Crippen LogP contribution < -0.4 is 10.0 Å². The summed E-state index contributed by atoms with van der Waals surface area (Å²) in [4.78, 5) is 15.4. The van der Waals surface area contributed by atoms with Gasteiger partial charge in [-0.05, 0) is 36.4 Å². The van der Waals surface area contributed by atoms with E-state index in [1.807, 2.05) is 0 Å². The molecule has 1 aromatic carbocycles. The zero-order valence-electron chi connectivity index (χ0n) is 11.5. The van der Waals surface area contributed by atoms with Gasteiger partial charge < -0.3 is 5.32 Å². The number of pyridine rings is 1. The van der Waals surface area contributed by atoms with Crippen molar-refractivity contribution < 1.29 is 17.6 Å². The molecule has 0 bridgehead atoms. The molecule has 0 unspecified atom stereocenters. The van der Waals surface area contributed by atoms with Crippen molar-refractivity contribution in [3.05, 3.63) is 54.6 Å². The van der Waals surface area contributed by atoms with Crippen molar-refractivity contribution in [1.29, 1.82) is 0 Å². The number of aromatic nitrogens is 1. The number of nitrogens with zero attached hydrogens (tertiary/aromatic N) is 1. The molecule has 0 radical (unpaired) electrons. The topological polar surface area (TPSA) is 88.2 Å². The van der Waals surface area contributed by atoms with E-state index in [-0.39, 0.29) is 23.8 Å². The second kappa shape index (κ2) is 7.10. The quantitative estimate of drug-likeness (QED) is 0.844. The fourth-order valence-corrected chi connectivity index (χ4v) is 2.64. The molecule has 0 atom stereocenters. The first-order chi connectivity index (χ1) is 10.5. The van der Waals surface area contributed by atoms with Gasteiger partial charge in [0.15, 0.2) is 0 Å². The number of benzene rings is 1. The van der Waals surface area contributed by atoms with Crippen LogP contribution in [0.1, 0.15) is 6.42 Å². The Morgan fingerprint density at radius 1 is 1.18 bits per heavy atom. The van der Waals surface area contributed by atoms with Gasteiger partial charge in [-0.25, -0.2) is 17.5 Å². The van der Waals surface area contributed by atoms with Crippen molar-refractivity contribution in [3.8, 4) is 0 Å². The molecule has 116 valence electrons. The highest BCUT2D eigenvalue weighted by Crippen LogP contribution is 2.09. The molecule has 2 N–H and O–H groups in total. The van der Waals surface area contributed by atoms with Crippen molar-refractivity contribution in [2.24, 2.45) is 0 Å². The summed E-state index contributed by atoms with van der Waals surface area (Å²) in [5, 5.41) is 2.54. The van der Waals surface area contributed by atoms with Gasteiger partial charge in [-0.1, -0.05) is 0 Å². The van der Waals surface area contributed by atoms with Gasteiger partial charge in [0, 0.05) is 31.0 Å².